The molecule has 7 heteroatoms. The molecule has 21 heavy (non-hydrogen) atoms. The van der Waals surface area contributed by atoms with Crippen molar-refractivity contribution in [2.24, 2.45) is 0 Å². The Bertz CT molecular complexity index is 715. The van der Waals surface area contributed by atoms with Crippen LogP contribution in [0.2, 0.25) is 0 Å². The van der Waals surface area contributed by atoms with Crippen LogP contribution in [0.1, 0.15) is 25.5 Å². The summed E-state index contributed by atoms with van der Waals surface area (Å²) in [5, 5.41) is 13.9. The molecular weight excluding hydrogens is 272 g/mol. The molecule has 0 saturated heterocycles. The van der Waals surface area contributed by atoms with Gasteiger partial charge in [0, 0.05) is 48.9 Å². The summed E-state index contributed by atoms with van der Waals surface area (Å²) in [7, 11) is 1.74. The lowest BCUT2D eigenvalue weighted by molar-refractivity contribution is -0.384. The molecule has 1 aromatic heterocycles. The lowest BCUT2D eigenvalue weighted by atomic mass is 10.1. The number of hydrogen-bond acceptors (Lipinski definition) is 4. The fourth-order valence-corrected chi connectivity index (χ4v) is 2.19. The van der Waals surface area contributed by atoms with E-state index in [1.165, 1.54) is 12.1 Å². The van der Waals surface area contributed by atoms with Gasteiger partial charge in [-0.2, -0.15) is 0 Å². The average Bonchev–Trinajstić information content (AvgIpc) is 2.80. The Morgan fingerprint density at radius 2 is 2.05 bits per heavy atom. The number of rotatable bonds is 5. The van der Waals surface area contributed by atoms with Crippen molar-refractivity contribution in [1.82, 2.24) is 9.13 Å². The number of nitro groups is 1. The molecule has 2 rings (SSSR count). The normalized spacial score (nSPS) is 10.9. The zero-order valence-electron chi connectivity index (χ0n) is 12.2. The summed E-state index contributed by atoms with van der Waals surface area (Å²) in [6.07, 6.45) is 3.42. The van der Waals surface area contributed by atoms with Crippen LogP contribution in [0.5, 0.6) is 0 Å². The van der Waals surface area contributed by atoms with Crippen LogP contribution in [0.25, 0.3) is 0 Å². The predicted molar refractivity (Wildman–Crippen MR) is 80.8 cm³/mol. The molecule has 0 aliphatic carbocycles. The zero-order valence-corrected chi connectivity index (χ0v) is 12.2. The fraction of sp³-hybridized carbons (Fsp3) is 0.357. The molecule has 0 aliphatic heterocycles. The first kappa shape index (κ1) is 14.8. The van der Waals surface area contributed by atoms with Crippen LogP contribution < -0.4 is 11.0 Å². The lowest BCUT2D eigenvalue weighted by Gasteiger charge is -2.09. The molecule has 0 aliphatic rings. The summed E-state index contributed by atoms with van der Waals surface area (Å²) in [5.74, 6) is 0. The van der Waals surface area contributed by atoms with Gasteiger partial charge in [0.2, 0.25) is 0 Å². The number of nitro benzene ring substituents is 1. The summed E-state index contributed by atoms with van der Waals surface area (Å²) in [6, 6.07) is 4.66. The molecule has 1 N–H and O–H groups in total. The summed E-state index contributed by atoms with van der Waals surface area (Å²) in [5.41, 5.74) is 1.36. The second kappa shape index (κ2) is 5.82. The first-order valence-corrected chi connectivity index (χ1v) is 6.66. The Kier molecular flexibility index (Phi) is 4.11. The summed E-state index contributed by atoms with van der Waals surface area (Å²) < 4.78 is 3.16. The largest absolute Gasteiger partial charge is 0.388 e. The van der Waals surface area contributed by atoms with Gasteiger partial charge < -0.3 is 5.32 Å². The van der Waals surface area contributed by atoms with Crippen LogP contribution in [0.4, 0.5) is 11.4 Å². The van der Waals surface area contributed by atoms with Gasteiger partial charge >= 0.3 is 5.69 Å². The van der Waals surface area contributed by atoms with Gasteiger partial charge in [0.25, 0.3) is 5.69 Å². The number of nitrogens with one attached hydrogen (secondary N) is 1. The van der Waals surface area contributed by atoms with Gasteiger partial charge in [-0.15, -0.1) is 0 Å². The Morgan fingerprint density at radius 3 is 2.57 bits per heavy atom. The van der Waals surface area contributed by atoms with E-state index < -0.39 is 4.92 Å². The van der Waals surface area contributed by atoms with E-state index in [9.17, 15) is 14.9 Å². The van der Waals surface area contributed by atoms with E-state index in [4.69, 9.17) is 0 Å². The van der Waals surface area contributed by atoms with Crippen molar-refractivity contribution >= 4 is 11.4 Å². The third kappa shape index (κ3) is 2.96. The van der Waals surface area contributed by atoms with E-state index in [0.717, 1.165) is 5.69 Å². The monoisotopic (exact) mass is 290 g/mol. The van der Waals surface area contributed by atoms with Gasteiger partial charge in [-0.25, -0.2) is 4.79 Å². The minimum Gasteiger partial charge on any atom is -0.388 e. The molecular formula is C14H18N4O3. The molecule has 0 unspecified atom stereocenters. The van der Waals surface area contributed by atoms with Crippen molar-refractivity contribution in [2.75, 3.05) is 12.4 Å². The first-order valence-electron chi connectivity index (χ1n) is 6.66. The fourth-order valence-electron chi connectivity index (χ4n) is 2.19. The van der Waals surface area contributed by atoms with Crippen molar-refractivity contribution in [1.29, 1.82) is 0 Å². The quantitative estimate of drug-likeness (QED) is 0.676. The van der Waals surface area contributed by atoms with Crippen molar-refractivity contribution in [3.63, 3.8) is 0 Å². The average molecular weight is 290 g/mol. The second-order valence-corrected chi connectivity index (χ2v) is 5.06. The van der Waals surface area contributed by atoms with E-state index in [0.29, 0.717) is 5.56 Å². The highest BCUT2D eigenvalue weighted by Gasteiger charge is 2.13. The third-order valence-electron chi connectivity index (χ3n) is 3.34. The highest BCUT2D eigenvalue weighted by Crippen LogP contribution is 2.22. The highest BCUT2D eigenvalue weighted by molar-refractivity contribution is 5.55. The van der Waals surface area contributed by atoms with E-state index in [1.807, 2.05) is 13.8 Å². The van der Waals surface area contributed by atoms with Crippen LogP contribution in [0, 0.1) is 10.1 Å². The molecule has 0 radical (unpaired) electrons. The Morgan fingerprint density at radius 1 is 1.33 bits per heavy atom. The van der Waals surface area contributed by atoms with Crippen molar-refractivity contribution in [3.8, 4) is 0 Å². The van der Waals surface area contributed by atoms with Crippen LogP contribution in [-0.2, 0) is 6.54 Å². The van der Waals surface area contributed by atoms with Gasteiger partial charge in [-0.3, -0.25) is 19.2 Å². The number of nitrogens with zero attached hydrogens (tertiary/aromatic N) is 3. The molecule has 0 amide bonds. The predicted octanol–water partition coefficient (Wildman–Crippen LogP) is 2.23. The number of aromatic nitrogens is 2. The van der Waals surface area contributed by atoms with Crippen molar-refractivity contribution in [3.05, 3.63) is 56.8 Å². The SMILES string of the molecule is CNc1ccc([N+](=O)[O-])cc1Cn1ccn(C(C)C)c1=O. The summed E-state index contributed by atoms with van der Waals surface area (Å²) in [4.78, 5) is 22.6. The number of hydrogen-bond donors (Lipinski definition) is 1. The molecule has 7 nitrogen and oxygen atoms in total. The van der Waals surface area contributed by atoms with Crippen LogP contribution in [0.3, 0.4) is 0 Å². The molecule has 1 heterocycles. The molecule has 112 valence electrons. The highest BCUT2D eigenvalue weighted by atomic mass is 16.6. The van der Waals surface area contributed by atoms with Crippen molar-refractivity contribution < 1.29 is 4.92 Å². The molecule has 0 spiro atoms. The minimum atomic E-state index is -0.439. The van der Waals surface area contributed by atoms with Crippen LogP contribution >= 0.6 is 0 Å². The zero-order chi connectivity index (χ0) is 15.6. The van der Waals surface area contributed by atoms with Crippen LogP contribution in [-0.4, -0.2) is 21.1 Å². The topological polar surface area (TPSA) is 82.1 Å². The number of imidazole rings is 1. The maximum absolute atomic E-state index is 12.2. The van der Waals surface area contributed by atoms with Gasteiger partial charge in [0.05, 0.1) is 11.5 Å². The second-order valence-electron chi connectivity index (χ2n) is 5.06. The maximum atomic E-state index is 12.2. The van der Waals surface area contributed by atoms with Gasteiger partial charge in [-0.1, -0.05) is 0 Å². The van der Waals surface area contributed by atoms with E-state index in [2.05, 4.69) is 5.32 Å². The first-order chi connectivity index (χ1) is 9.93. The standard InChI is InChI=1S/C14H18N4O3/c1-10(2)17-7-6-16(14(17)19)9-11-8-12(18(20)21)4-5-13(11)15-3/h4-8,10,15H,9H2,1-3H3. The van der Waals surface area contributed by atoms with Crippen molar-refractivity contribution in [2.45, 2.75) is 26.4 Å². The lowest BCUT2D eigenvalue weighted by Crippen LogP contribution is -2.25. The summed E-state index contributed by atoms with van der Waals surface area (Å²) >= 11 is 0. The molecule has 1 aromatic carbocycles. The van der Waals surface area contributed by atoms with E-state index >= 15 is 0 Å². The Labute approximate surface area is 122 Å². The molecule has 0 bridgehead atoms. The van der Waals surface area contributed by atoms with E-state index in [-0.39, 0.29) is 24.0 Å². The summed E-state index contributed by atoms with van der Waals surface area (Å²) in [6.45, 7) is 4.15. The van der Waals surface area contributed by atoms with Gasteiger partial charge in [-0.05, 0) is 19.9 Å². The Hall–Kier alpha value is -2.57. The molecule has 0 fully saturated rings. The minimum absolute atomic E-state index is 0.0142. The number of non-ortho nitro benzene ring substituents is 1. The molecule has 0 atom stereocenters. The van der Waals surface area contributed by atoms with Gasteiger partial charge in [0.1, 0.15) is 0 Å². The van der Waals surface area contributed by atoms with Gasteiger partial charge in [0.15, 0.2) is 0 Å². The number of anilines is 1. The van der Waals surface area contributed by atoms with E-state index in [1.54, 1.807) is 34.6 Å². The number of benzene rings is 1. The smallest absolute Gasteiger partial charge is 0.328 e. The molecule has 0 saturated carbocycles. The molecule has 2 aromatic rings. The van der Waals surface area contributed by atoms with Crippen LogP contribution in [0.15, 0.2) is 35.4 Å². The Balaban J connectivity index is 2.41. The third-order valence-corrected chi connectivity index (χ3v) is 3.34. The maximum Gasteiger partial charge on any atom is 0.328 e.